The average molecular weight is 553 g/mol. The summed E-state index contributed by atoms with van der Waals surface area (Å²) in [5, 5.41) is 30.8. The number of rotatable bonds is 6. The van der Waals surface area contributed by atoms with Crippen molar-refractivity contribution in [3.8, 4) is 11.5 Å². The van der Waals surface area contributed by atoms with E-state index in [-0.39, 0.29) is 31.5 Å². The molecule has 38 heavy (non-hydrogen) atoms. The van der Waals surface area contributed by atoms with Gasteiger partial charge in [0.25, 0.3) is 11.8 Å². The van der Waals surface area contributed by atoms with E-state index < -0.39 is 17.8 Å². The topological polar surface area (TPSA) is 166 Å². The van der Waals surface area contributed by atoms with E-state index in [9.17, 15) is 24.6 Å². The minimum absolute atomic E-state index is 0.0710. The molecule has 196 valence electrons. The van der Waals surface area contributed by atoms with Crippen molar-refractivity contribution in [3.63, 3.8) is 0 Å². The van der Waals surface area contributed by atoms with Crippen molar-refractivity contribution >= 4 is 62.2 Å². The number of aromatic hydroxyl groups is 2. The molecule has 2 aromatic carbocycles. The van der Waals surface area contributed by atoms with Crippen LogP contribution < -0.4 is 21.3 Å². The highest BCUT2D eigenvalue weighted by Gasteiger charge is 2.18. The van der Waals surface area contributed by atoms with Gasteiger partial charge < -0.3 is 20.8 Å². The Kier molecular flexibility index (Phi) is 7.60. The molecular formula is C25H24N6O5S2. The number of anilines is 4. The molecule has 4 aromatic rings. The molecule has 4 rings (SSSR count). The van der Waals surface area contributed by atoms with Crippen LogP contribution in [0, 0.1) is 27.7 Å². The van der Waals surface area contributed by atoms with E-state index in [1.54, 1.807) is 38.1 Å². The van der Waals surface area contributed by atoms with Crippen LogP contribution >= 0.6 is 22.7 Å². The fourth-order valence-corrected chi connectivity index (χ4v) is 4.92. The van der Waals surface area contributed by atoms with Crippen molar-refractivity contribution in [1.82, 2.24) is 9.97 Å². The van der Waals surface area contributed by atoms with Gasteiger partial charge in [0.05, 0.1) is 23.8 Å². The number of phenols is 2. The molecule has 0 aliphatic rings. The van der Waals surface area contributed by atoms with Gasteiger partial charge in [-0.15, -0.1) is 0 Å². The molecule has 0 atom stereocenters. The first-order chi connectivity index (χ1) is 18.0. The molecule has 0 saturated heterocycles. The molecule has 4 amide bonds. The van der Waals surface area contributed by atoms with Crippen LogP contribution in [0.2, 0.25) is 0 Å². The monoisotopic (exact) mass is 552 g/mol. The SMILES string of the molecule is Cc1ccc(O)c(C)c1NC(=O)c1cnc(NC(=O)Nc2ncc(C(=O)Nc3c(C)ccc(O)c3C)s2)s1. The summed E-state index contributed by atoms with van der Waals surface area (Å²) < 4.78 is 0. The lowest BCUT2D eigenvalue weighted by Crippen LogP contribution is -2.19. The zero-order valence-corrected chi connectivity index (χ0v) is 22.4. The van der Waals surface area contributed by atoms with Gasteiger partial charge in [-0.25, -0.2) is 14.8 Å². The zero-order valence-electron chi connectivity index (χ0n) is 20.8. The summed E-state index contributed by atoms with van der Waals surface area (Å²) in [4.78, 5) is 46.4. The number of nitrogens with zero attached hydrogens (tertiary/aromatic N) is 2. The highest BCUT2D eigenvalue weighted by Crippen LogP contribution is 2.30. The van der Waals surface area contributed by atoms with E-state index in [4.69, 9.17) is 0 Å². The van der Waals surface area contributed by atoms with Gasteiger partial charge in [-0.1, -0.05) is 34.8 Å². The van der Waals surface area contributed by atoms with Gasteiger partial charge in [0.1, 0.15) is 21.3 Å². The van der Waals surface area contributed by atoms with E-state index in [1.165, 1.54) is 12.4 Å². The number of amides is 4. The van der Waals surface area contributed by atoms with Crippen molar-refractivity contribution in [2.75, 3.05) is 21.3 Å². The molecule has 0 radical (unpaired) electrons. The van der Waals surface area contributed by atoms with Crippen LogP contribution in [0.1, 0.15) is 41.6 Å². The van der Waals surface area contributed by atoms with Crippen LogP contribution in [0.25, 0.3) is 0 Å². The van der Waals surface area contributed by atoms with Crippen LogP contribution in [0.5, 0.6) is 11.5 Å². The number of phenolic OH excluding ortho intramolecular Hbond substituents is 2. The maximum atomic E-state index is 12.7. The predicted molar refractivity (Wildman–Crippen MR) is 148 cm³/mol. The van der Waals surface area contributed by atoms with Gasteiger partial charge in [-0.3, -0.25) is 20.2 Å². The Labute approximate surface area is 225 Å². The molecule has 0 spiro atoms. The first kappa shape index (κ1) is 26.6. The number of benzene rings is 2. The minimum atomic E-state index is -0.646. The Morgan fingerprint density at radius 2 is 1.05 bits per heavy atom. The number of carbonyl (C=O) groups is 3. The molecule has 0 aliphatic carbocycles. The lowest BCUT2D eigenvalue weighted by atomic mass is 10.1. The third kappa shape index (κ3) is 5.74. The van der Waals surface area contributed by atoms with Gasteiger partial charge >= 0.3 is 6.03 Å². The third-order valence-corrected chi connectivity index (χ3v) is 7.49. The van der Waals surface area contributed by atoms with Gasteiger partial charge in [0.2, 0.25) is 0 Å². The van der Waals surface area contributed by atoms with E-state index in [1.807, 2.05) is 13.8 Å². The van der Waals surface area contributed by atoms with E-state index in [0.717, 1.165) is 33.8 Å². The molecule has 11 nitrogen and oxygen atoms in total. The molecular weight excluding hydrogens is 528 g/mol. The Morgan fingerprint density at radius 3 is 1.45 bits per heavy atom. The Morgan fingerprint density at radius 1 is 0.658 bits per heavy atom. The first-order valence-electron chi connectivity index (χ1n) is 11.2. The van der Waals surface area contributed by atoms with Crippen LogP contribution in [-0.4, -0.2) is 38.0 Å². The van der Waals surface area contributed by atoms with Gasteiger partial charge in [0.15, 0.2) is 10.3 Å². The van der Waals surface area contributed by atoms with Crippen LogP contribution in [0.4, 0.5) is 26.4 Å². The number of nitrogens with one attached hydrogen (secondary N) is 4. The van der Waals surface area contributed by atoms with E-state index in [0.29, 0.717) is 22.5 Å². The maximum Gasteiger partial charge on any atom is 0.327 e. The average Bonchev–Trinajstić information content (AvgIpc) is 3.54. The molecule has 0 bridgehead atoms. The number of hydrogen-bond acceptors (Lipinski definition) is 9. The lowest BCUT2D eigenvalue weighted by molar-refractivity contribution is 0.102. The van der Waals surface area contributed by atoms with E-state index in [2.05, 4.69) is 31.2 Å². The molecule has 6 N–H and O–H groups in total. The predicted octanol–water partition coefficient (Wildman–Crippen LogP) is 5.39. The van der Waals surface area contributed by atoms with Crippen LogP contribution in [-0.2, 0) is 0 Å². The molecule has 0 saturated carbocycles. The van der Waals surface area contributed by atoms with Crippen molar-refractivity contribution in [1.29, 1.82) is 0 Å². The second-order valence-electron chi connectivity index (χ2n) is 8.35. The van der Waals surface area contributed by atoms with E-state index >= 15 is 0 Å². The Bertz CT molecular complexity index is 1450. The molecule has 2 heterocycles. The summed E-state index contributed by atoms with van der Waals surface area (Å²) in [6.45, 7) is 7.02. The smallest absolute Gasteiger partial charge is 0.327 e. The minimum Gasteiger partial charge on any atom is -0.508 e. The van der Waals surface area contributed by atoms with Crippen molar-refractivity contribution in [2.45, 2.75) is 27.7 Å². The lowest BCUT2D eigenvalue weighted by Gasteiger charge is -2.12. The first-order valence-corrected chi connectivity index (χ1v) is 12.9. The molecule has 13 heteroatoms. The summed E-state index contributed by atoms with van der Waals surface area (Å²) in [5.41, 5.74) is 3.69. The summed E-state index contributed by atoms with van der Waals surface area (Å²) in [5.74, 6) is -0.718. The standard InChI is InChI=1S/C25H24N6O5S2/c1-11-5-7-15(32)13(3)19(11)28-21(34)17-9-26-24(37-17)30-23(36)31-25-27-10-18(38-25)22(35)29-20-12(2)6-8-16(33)14(20)4/h5-10,32-33H,1-4H3,(H,28,34)(H,29,35)(H2,26,27,30,31,36). The zero-order chi connectivity index (χ0) is 27.6. The molecule has 0 aliphatic heterocycles. The van der Waals surface area contributed by atoms with Gasteiger partial charge in [-0.05, 0) is 51.0 Å². The summed E-state index contributed by atoms with van der Waals surface area (Å²) >= 11 is 1.94. The maximum absolute atomic E-state index is 12.7. The fourth-order valence-electron chi connectivity index (χ4n) is 3.51. The highest BCUT2D eigenvalue weighted by atomic mass is 32.1. The van der Waals surface area contributed by atoms with Gasteiger partial charge in [0, 0.05) is 11.1 Å². The summed E-state index contributed by atoms with van der Waals surface area (Å²) in [6, 6.07) is 5.87. The van der Waals surface area contributed by atoms with Crippen LogP contribution in [0.15, 0.2) is 36.7 Å². The quantitative estimate of drug-likeness (QED) is 0.186. The normalized spacial score (nSPS) is 10.6. The number of urea groups is 1. The van der Waals surface area contributed by atoms with Crippen LogP contribution in [0.3, 0.4) is 0 Å². The Hall–Kier alpha value is -4.49. The summed E-state index contributed by atoms with van der Waals surface area (Å²) in [7, 11) is 0. The number of aromatic nitrogens is 2. The molecule has 2 aromatic heterocycles. The van der Waals surface area contributed by atoms with Crippen molar-refractivity contribution in [2.24, 2.45) is 0 Å². The fraction of sp³-hybridized carbons (Fsp3) is 0.160. The summed E-state index contributed by atoms with van der Waals surface area (Å²) in [6.07, 6.45) is 2.67. The number of hydrogen-bond donors (Lipinski definition) is 6. The second-order valence-corrected chi connectivity index (χ2v) is 10.4. The number of thiazole rings is 2. The van der Waals surface area contributed by atoms with Crippen molar-refractivity contribution in [3.05, 3.63) is 68.7 Å². The Balaban J connectivity index is 1.36. The molecule has 0 unspecified atom stereocenters. The largest absolute Gasteiger partial charge is 0.508 e. The number of carbonyl (C=O) groups excluding carboxylic acids is 3. The third-order valence-electron chi connectivity index (χ3n) is 5.67. The highest BCUT2D eigenvalue weighted by molar-refractivity contribution is 7.18. The van der Waals surface area contributed by atoms with Crippen molar-refractivity contribution < 1.29 is 24.6 Å². The molecule has 0 fully saturated rings. The second kappa shape index (κ2) is 10.9. The number of aryl methyl sites for hydroxylation is 2. The van der Waals surface area contributed by atoms with Gasteiger partial charge in [-0.2, -0.15) is 0 Å².